The molecule has 1 atom stereocenters. The van der Waals surface area contributed by atoms with Crippen molar-refractivity contribution in [3.05, 3.63) is 29.6 Å². The van der Waals surface area contributed by atoms with E-state index in [1.165, 1.54) is 32.4 Å². The Labute approximate surface area is 105 Å². The van der Waals surface area contributed by atoms with Crippen LogP contribution < -0.4 is 11.1 Å². The number of nitrogens with two attached hydrogens (primary N) is 1. The number of hydrogen-bond donors (Lipinski definition) is 2. The largest absolute Gasteiger partial charge is 0.375 e. The Kier molecular flexibility index (Phi) is 5.06. The average molecular weight is 256 g/mol. The van der Waals surface area contributed by atoms with Gasteiger partial charge in [0.05, 0.1) is 11.7 Å². The maximum Gasteiger partial charge on any atom is 0.248 e. The Bertz CT molecular complexity index is 422. The summed E-state index contributed by atoms with van der Waals surface area (Å²) in [5, 5.41) is 2.87. The number of carbonyl (C=O) groups excluding carboxylic acids is 1. The summed E-state index contributed by atoms with van der Waals surface area (Å²) in [6.45, 7) is 1.77. The first kappa shape index (κ1) is 14.4. The predicted molar refractivity (Wildman–Crippen MR) is 65.8 cm³/mol. The van der Waals surface area contributed by atoms with Gasteiger partial charge in [-0.2, -0.15) is 0 Å². The standard InChI is InChI=1S/C12H17FN2O3/c1-7(12(17-2)18-3)15-10-6-8(11(14)16)4-5-9(10)13/h4-7,12,15H,1-3H3,(H2,14,16). The third kappa shape index (κ3) is 3.41. The lowest BCUT2D eigenvalue weighted by atomic mass is 10.1. The third-order valence-electron chi connectivity index (χ3n) is 2.51. The molecule has 0 aromatic heterocycles. The number of primary amides is 1. The van der Waals surface area contributed by atoms with Gasteiger partial charge in [0.1, 0.15) is 5.82 Å². The SMILES string of the molecule is COC(OC)C(C)Nc1cc(C(N)=O)ccc1F. The van der Waals surface area contributed by atoms with Gasteiger partial charge in [-0.25, -0.2) is 4.39 Å². The van der Waals surface area contributed by atoms with Gasteiger partial charge in [-0.1, -0.05) is 0 Å². The van der Waals surface area contributed by atoms with E-state index in [2.05, 4.69) is 5.32 Å². The van der Waals surface area contributed by atoms with Crippen LogP contribution in [0.5, 0.6) is 0 Å². The molecule has 0 heterocycles. The second-order valence-corrected chi connectivity index (χ2v) is 3.83. The summed E-state index contributed by atoms with van der Waals surface area (Å²) in [6.07, 6.45) is -0.526. The van der Waals surface area contributed by atoms with Gasteiger partial charge >= 0.3 is 0 Å². The maximum absolute atomic E-state index is 13.6. The number of nitrogens with one attached hydrogen (secondary N) is 1. The lowest BCUT2D eigenvalue weighted by Gasteiger charge is -2.23. The van der Waals surface area contributed by atoms with Gasteiger partial charge in [0.2, 0.25) is 5.91 Å². The highest BCUT2D eigenvalue weighted by Gasteiger charge is 2.17. The molecule has 6 heteroatoms. The summed E-state index contributed by atoms with van der Waals surface area (Å²) in [4.78, 5) is 11.0. The maximum atomic E-state index is 13.6. The smallest absolute Gasteiger partial charge is 0.248 e. The predicted octanol–water partition coefficient (Wildman–Crippen LogP) is 1.34. The number of anilines is 1. The van der Waals surface area contributed by atoms with E-state index in [-0.39, 0.29) is 17.3 Å². The van der Waals surface area contributed by atoms with Crippen LogP contribution in [-0.4, -0.2) is 32.5 Å². The molecule has 0 aliphatic carbocycles. The lowest BCUT2D eigenvalue weighted by molar-refractivity contribution is -0.109. The molecule has 5 nitrogen and oxygen atoms in total. The van der Waals surface area contributed by atoms with Crippen LogP contribution in [0.4, 0.5) is 10.1 Å². The number of hydrogen-bond acceptors (Lipinski definition) is 4. The molecule has 1 amide bonds. The van der Waals surface area contributed by atoms with E-state index in [0.717, 1.165) is 0 Å². The fourth-order valence-corrected chi connectivity index (χ4v) is 1.61. The molecule has 0 saturated carbocycles. The monoisotopic (exact) mass is 256 g/mol. The molecule has 0 aliphatic heterocycles. The Morgan fingerprint density at radius 3 is 2.50 bits per heavy atom. The van der Waals surface area contributed by atoms with Gasteiger partial charge in [0.25, 0.3) is 0 Å². The molecule has 0 radical (unpaired) electrons. The zero-order chi connectivity index (χ0) is 13.7. The number of benzene rings is 1. The quantitative estimate of drug-likeness (QED) is 0.753. The van der Waals surface area contributed by atoms with Crippen molar-refractivity contribution in [3.8, 4) is 0 Å². The van der Waals surface area contributed by atoms with E-state index >= 15 is 0 Å². The molecule has 0 fully saturated rings. The molecule has 1 rings (SSSR count). The molecule has 0 aliphatic rings. The van der Waals surface area contributed by atoms with Crippen LogP contribution in [0, 0.1) is 5.82 Å². The lowest BCUT2D eigenvalue weighted by Crippen LogP contribution is -2.34. The Morgan fingerprint density at radius 1 is 1.39 bits per heavy atom. The summed E-state index contributed by atoms with van der Waals surface area (Å²) >= 11 is 0. The van der Waals surface area contributed by atoms with E-state index < -0.39 is 18.0 Å². The second kappa shape index (κ2) is 6.32. The molecule has 100 valence electrons. The van der Waals surface area contributed by atoms with Gasteiger partial charge in [0, 0.05) is 19.8 Å². The summed E-state index contributed by atoms with van der Waals surface area (Å²) < 4.78 is 23.7. The molecule has 3 N–H and O–H groups in total. The van der Waals surface area contributed by atoms with Crippen LogP contribution >= 0.6 is 0 Å². The van der Waals surface area contributed by atoms with Gasteiger partial charge in [-0.15, -0.1) is 0 Å². The fourth-order valence-electron chi connectivity index (χ4n) is 1.61. The van der Waals surface area contributed by atoms with E-state index in [0.29, 0.717) is 0 Å². The number of rotatable bonds is 6. The van der Waals surface area contributed by atoms with Gasteiger partial charge in [0.15, 0.2) is 6.29 Å². The van der Waals surface area contributed by atoms with Crippen LogP contribution in [0.1, 0.15) is 17.3 Å². The molecule has 0 bridgehead atoms. The highest BCUT2D eigenvalue weighted by Crippen LogP contribution is 2.18. The molecular formula is C12H17FN2O3. The fraction of sp³-hybridized carbons (Fsp3) is 0.417. The number of halogens is 1. The molecular weight excluding hydrogens is 239 g/mol. The second-order valence-electron chi connectivity index (χ2n) is 3.83. The zero-order valence-electron chi connectivity index (χ0n) is 10.6. The van der Waals surface area contributed by atoms with Crippen LogP contribution in [-0.2, 0) is 9.47 Å². The summed E-state index contributed by atoms with van der Waals surface area (Å²) in [5.41, 5.74) is 5.55. The van der Waals surface area contributed by atoms with Crippen molar-refractivity contribution >= 4 is 11.6 Å². The van der Waals surface area contributed by atoms with Crippen LogP contribution in [0.15, 0.2) is 18.2 Å². The van der Waals surface area contributed by atoms with Crippen LogP contribution in [0.25, 0.3) is 0 Å². The number of carbonyl (C=O) groups is 1. The summed E-state index contributed by atoms with van der Waals surface area (Å²) in [6, 6.07) is 3.58. The minimum Gasteiger partial charge on any atom is -0.375 e. The van der Waals surface area contributed by atoms with Gasteiger partial charge < -0.3 is 20.5 Å². The van der Waals surface area contributed by atoms with Gasteiger partial charge in [-0.3, -0.25) is 4.79 Å². The molecule has 18 heavy (non-hydrogen) atoms. The van der Waals surface area contributed by atoms with Crippen molar-refractivity contribution in [2.75, 3.05) is 19.5 Å². The Hall–Kier alpha value is -1.66. The number of amides is 1. The molecule has 0 spiro atoms. The van der Waals surface area contributed by atoms with Crippen molar-refractivity contribution in [1.29, 1.82) is 0 Å². The number of methoxy groups -OCH3 is 2. The average Bonchev–Trinajstić information content (AvgIpc) is 2.33. The topological polar surface area (TPSA) is 73.6 Å². The highest BCUT2D eigenvalue weighted by molar-refractivity contribution is 5.93. The molecule has 0 saturated heterocycles. The first-order chi connectivity index (χ1) is 8.49. The van der Waals surface area contributed by atoms with Crippen molar-refractivity contribution in [2.45, 2.75) is 19.3 Å². The highest BCUT2D eigenvalue weighted by atomic mass is 19.1. The van der Waals surface area contributed by atoms with Crippen molar-refractivity contribution in [1.82, 2.24) is 0 Å². The molecule has 1 aromatic carbocycles. The van der Waals surface area contributed by atoms with Crippen molar-refractivity contribution in [3.63, 3.8) is 0 Å². The first-order valence-electron chi connectivity index (χ1n) is 5.41. The zero-order valence-corrected chi connectivity index (χ0v) is 10.6. The third-order valence-corrected chi connectivity index (χ3v) is 2.51. The Balaban J connectivity index is 2.89. The van der Waals surface area contributed by atoms with Crippen molar-refractivity contribution < 1.29 is 18.7 Å². The normalized spacial score (nSPS) is 12.5. The van der Waals surface area contributed by atoms with Crippen LogP contribution in [0.3, 0.4) is 0 Å². The number of ether oxygens (including phenoxy) is 2. The van der Waals surface area contributed by atoms with E-state index in [4.69, 9.17) is 15.2 Å². The molecule has 1 aromatic rings. The van der Waals surface area contributed by atoms with Crippen molar-refractivity contribution in [2.24, 2.45) is 5.73 Å². The molecule has 1 unspecified atom stereocenters. The minimum absolute atomic E-state index is 0.179. The van der Waals surface area contributed by atoms with E-state index in [1.807, 2.05) is 0 Å². The van der Waals surface area contributed by atoms with E-state index in [1.54, 1.807) is 6.92 Å². The van der Waals surface area contributed by atoms with Gasteiger partial charge in [-0.05, 0) is 25.1 Å². The Morgan fingerprint density at radius 2 is 2.00 bits per heavy atom. The van der Waals surface area contributed by atoms with Crippen LogP contribution in [0.2, 0.25) is 0 Å². The minimum atomic E-state index is -0.610. The summed E-state index contributed by atoms with van der Waals surface area (Å²) in [7, 11) is 2.98. The first-order valence-corrected chi connectivity index (χ1v) is 5.41. The summed E-state index contributed by atoms with van der Waals surface area (Å²) in [5.74, 6) is -1.08. The van der Waals surface area contributed by atoms with E-state index in [9.17, 15) is 9.18 Å².